The fraction of sp³-hybridized carbons (Fsp3) is 0.417. The van der Waals surface area contributed by atoms with Crippen LogP contribution in [0.25, 0.3) is 0 Å². The van der Waals surface area contributed by atoms with Crippen molar-refractivity contribution in [3.8, 4) is 0 Å². The second-order valence-corrected chi connectivity index (χ2v) is 4.37. The number of carbonyl (C=O) groups is 1. The molecule has 2 unspecified atom stereocenters. The number of rotatable bonds is 1. The fourth-order valence-electron chi connectivity index (χ4n) is 2.06. The van der Waals surface area contributed by atoms with Crippen LogP contribution >= 0.6 is 0 Å². The van der Waals surface area contributed by atoms with Crippen LogP contribution in [0.4, 0.5) is 13.2 Å². The van der Waals surface area contributed by atoms with Gasteiger partial charge in [-0.1, -0.05) is 12.1 Å². The summed E-state index contributed by atoms with van der Waals surface area (Å²) in [5, 5.41) is 2.63. The zero-order chi connectivity index (χ0) is 13.3. The van der Waals surface area contributed by atoms with Gasteiger partial charge < -0.3 is 11.1 Å². The molecule has 98 valence electrons. The van der Waals surface area contributed by atoms with Gasteiger partial charge in [0.15, 0.2) is 0 Å². The lowest BCUT2D eigenvalue weighted by molar-refractivity contribution is -0.137. The molecule has 0 aliphatic carbocycles. The van der Waals surface area contributed by atoms with Crippen molar-refractivity contribution in [2.45, 2.75) is 31.1 Å². The maximum atomic E-state index is 12.6. The molecule has 1 heterocycles. The van der Waals surface area contributed by atoms with Crippen LogP contribution in [0.15, 0.2) is 24.3 Å². The van der Waals surface area contributed by atoms with E-state index in [4.69, 9.17) is 5.73 Å². The second-order valence-electron chi connectivity index (χ2n) is 4.37. The van der Waals surface area contributed by atoms with E-state index in [-0.39, 0.29) is 11.9 Å². The molecule has 3 nitrogen and oxygen atoms in total. The number of carbonyl (C=O) groups excluding carboxylic acids is 1. The van der Waals surface area contributed by atoms with Crippen molar-refractivity contribution in [2.75, 3.05) is 0 Å². The fourth-order valence-corrected chi connectivity index (χ4v) is 2.06. The molecule has 1 fully saturated rings. The molecular weight excluding hydrogens is 245 g/mol. The summed E-state index contributed by atoms with van der Waals surface area (Å²) in [7, 11) is 0. The molecule has 1 amide bonds. The lowest BCUT2D eigenvalue weighted by Gasteiger charge is -2.30. The Morgan fingerprint density at radius 3 is 2.72 bits per heavy atom. The molecule has 0 bridgehead atoms. The monoisotopic (exact) mass is 258 g/mol. The third kappa shape index (κ3) is 2.64. The van der Waals surface area contributed by atoms with Crippen molar-refractivity contribution in [1.29, 1.82) is 0 Å². The predicted molar refractivity (Wildman–Crippen MR) is 59.5 cm³/mol. The van der Waals surface area contributed by atoms with E-state index < -0.39 is 17.8 Å². The number of hydrogen-bond acceptors (Lipinski definition) is 2. The van der Waals surface area contributed by atoms with Crippen LogP contribution in [-0.2, 0) is 11.0 Å². The van der Waals surface area contributed by atoms with Gasteiger partial charge in [-0.25, -0.2) is 0 Å². The van der Waals surface area contributed by atoms with Crippen LogP contribution in [0, 0.1) is 0 Å². The molecule has 1 aromatic rings. The van der Waals surface area contributed by atoms with Gasteiger partial charge in [-0.3, -0.25) is 4.79 Å². The Morgan fingerprint density at radius 1 is 1.33 bits per heavy atom. The summed E-state index contributed by atoms with van der Waals surface area (Å²) in [5.74, 6) is -0.181. The third-order valence-corrected chi connectivity index (χ3v) is 3.02. The average Bonchev–Trinajstić information content (AvgIpc) is 2.31. The Bertz CT molecular complexity index is 459. The van der Waals surface area contributed by atoms with E-state index >= 15 is 0 Å². The van der Waals surface area contributed by atoms with Gasteiger partial charge in [0, 0.05) is 12.5 Å². The van der Waals surface area contributed by atoms with Gasteiger partial charge in [-0.2, -0.15) is 13.2 Å². The van der Waals surface area contributed by atoms with E-state index in [0.717, 1.165) is 12.1 Å². The molecule has 1 aliphatic heterocycles. The average molecular weight is 258 g/mol. The topological polar surface area (TPSA) is 55.1 Å². The number of nitrogens with two attached hydrogens (primary N) is 1. The first-order valence-corrected chi connectivity index (χ1v) is 5.60. The molecule has 1 aromatic carbocycles. The molecule has 6 heteroatoms. The van der Waals surface area contributed by atoms with Crippen LogP contribution in [0.2, 0.25) is 0 Å². The van der Waals surface area contributed by atoms with Gasteiger partial charge in [-0.15, -0.1) is 0 Å². The van der Waals surface area contributed by atoms with E-state index in [0.29, 0.717) is 18.4 Å². The van der Waals surface area contributed by atoms with Crippen molar-refractivity contribution in [3.63, 3.8) is 0 Å². The molecular formula is C12H13F3N2O. The normalized spacial score (nSPS) is 24.8. The lowest BCUT2D eigenvalue weighted by Crippen LogP contribution is -2.45. The summed E-state index contributed by atoms with van der Waals surface area (Å²) in [6.45, 7) is 0. The first-order valence-electron chi connectivity index (χ1n) is 5.60. The summed E-state index contributed by atoms with van der Waals surface area (Å²) in [6, 6.07) is 4.01. The van der Waals surface area contributed by atoms with Gasteiger partial charge in [0.1, 0.15) is 0 Å². The van der Waals surface area contributed by atoms with Crippen LogP contribution in [0.5, 0.6) is 0 Å². The van der Waals surface area contributed by atoms with E-state index in [1.165, 1.54) is 6.07 Å². The zero-order valence-corrected chi connectivity index (χ0v) is 9.50. The number of amides is 1. The SMILES string of the molecule is NC1CCC(=O)NC1c1cccc(C(F)(F)F)c1. The minimum absolute atomic E-state index is 0.181. The Hall–Kier alpha value is -1.56. The summed E-state index contributed by atoms with van der Waals surface area (Å²) in [5.41, 5.74) is 5.50. The Morgan fingerprint density at radius 2 is 2.06 bits per heavy atom. The van der Waals surface area contributed by atoms with Crippen LogP contribution in [0.1, 0.15) is 30.0 Å². The largest absolute Gasteiger partial charge is 0.416 e. The minimum atomic E-state index is -4.39. The number of nitrogens with one attached hydrogen (secondary N) is 1. The highest BCUT2D eigenvalue weighted by molar-refractivity contribution is 5.77. The van der Waals surface area contributed by atoms with Gasteiger partial charge in [0.25, 0.3) is 0 Å². The number of piperidine rings is 1. The molecule has 0 spiro atoms. The van der Waals surface area contributed by atoms with Gasteiger partial charge in [-0.05, 0) is 24.1 Å². The molecule has 3 N–H and O–H groups in total. The summed E-state index contributed by atoms with van der Waals surface area (Å²) >= 11 is 0. The Kier molecular flexibility index (Phi) is 3.30. The standard InChI is InChI=1S/C12H13F3N2O/c13-12(14,15)8-3-1-2-7(6-8)11-9(16)4-5-10(18)17-11/h1-3,6,9,11H,4-5,16H2,(H,17,18). The molecule has 0 aromatic heterocycles. The highest BCUT2D eigenvalue weighted by Gasteiger charge is 2.33. The molecule has 2 rings (SSSR count). The number of benzene rings is 1. The maximum Gasteiger partial charge on any atom is 0.416 e. The highest BCUT2D eigenvalue weighted by Crippen LogP contribution is 2.32. The van der Waals surface area contributed by atoms with Crippen molar-refractivity contribution < 1.29 is 18.0 Å². The number of hydrogen-bond donors (Lipinski definition) is 2. The van der Waals surface area contributed by atoms with Gasteiger partial charge in [0.05, 0.1) is 11.6 Å². The predicted octanol–water partition coefficient (Wildman–Crippen LogP) is 1.98. The summed E-state index contributed by atoms with van der Waals surface area (Å²) in [6.07, 6.45) is -3.60. The highest BCUT2D eigenvalue weighted by atomic mass is 19.4. The van der Waals surface area contributed by atoms with Gasteiger partial charge in [0.2, 0.25) is 5.91 Å². The van der Waals surface area contributed by atoms with Crippen molar-refractivity contribution in [2.24, 2.45) is 5.73 Å². The second kappa shape index (κ2) is 4.61. The molecule has 1 aliphatic rings. The Labute approximate surface area is 102 Å². The summed E-state index contributed by atoms with van der Waals surface area (Å²) in [4.78, 5) is 11.3. The molecule has 18 heavy (non-hydrogen) atoms. The zero-order valence-electron chi connectivity index (χ0n) is 9.50. The third-order valence-electron chi connectivity index (χ3n) is 3.02. The molecule has 2 atom stereocenters. The quantitative estimate of drug-likeness (QED) is 0.809. The molecule has 0 saturated carbocycles. The maximum absolute atomic E-state index is 12.6. The summed E-state index contributed by atoms with van der Waals surface area (Å²) < 4.78 is 37.8. The molecule has 0 radical (unpaired) electrons. The smallest absolute Gasteiger partial charge is 0.348 e. The van der Waals surface area contributed by atoms with E-state index in [1.54, 1.807) is 6.07 Å². The molecule has 1 saturated heterocycles. The van der Waals surface area contributed by atoms with Crippen molar-refractivity contribution in [1.82, 2.24) is 5.32 Å². The number of alkyl halides is 3. The van der Waals surface area contributed by atoms with E-state index in [9.17, 15) is 18.0 Å². The van der Waals surface area contributed by atoms with E-state index in [1.807, 2.05) is 0 Å². The first-order chi connectivity index (χ1) is 8.38. The number of halogens is 3. The van der Waals surface area contributed by atoms with Crippen LogP contribution < -0.4 is 11.1 Å². The van der Waals surface area contributed by atoms with Crippen LogP contribution in [-0.4, -0.2) is 11.9 Å². The van der Waals surface area contributed by atoms with Crippen LogP contribution in [0.3, 0.4) is 0 Å². The van der Waals surface area contributed by atoms with Crippen molar-refractivity contribution in [3.05, 3.63) is 35.4 Å². The lowest BCUT2D eigenvalue weighted by atomic mass is 9.92. The first kappa shape index (κ1) is 12.9. The minimum Gasteiger partial charge on any atom is -0.348 e. The van der Waals surface area contributed by atoms with E-state index in [2.05, 4.69) is 5.32 Å². The van der Waals surface area contributed by atoms with Crippen molar-refractivity contribution >= 4 is 5.91 Å². The van der Waals surface area contributed by atoms with Gasteiger partial charge >= 0.3 is 6.18 Å². The Balaban J connectivity index is 2.30.